The summed E-state index contributed by atoms with van der Waals surface area (Å²) in [4.78, 5) is 11.8. The predicted molar refractivity (Wildman–Crippen MR) is 111 cm³/mol. The Balaban J connectivity index is 1.60. The lowest BCUT2D eigenvalue weighted by Crippen LogP contribution is -2.26. The third-order valence-electron chi connectivity index (χ3n) is 6.37. The number of anilines is 3. The lowest BCUT2D eigenvalue weighted by atomic mass is 9.86. The van der Waals surface area contributed by atoms with Crippen LogP contribution in [0.5, 0.6) is 0 Å². The summed E-state index contributed by atoms with van der Waals surface area (Å²) >= 11 is 0. The highest BCUT2D eigenvalue weighted by atomic mass is 15.2. The summed E-state index contributed by atoms with van der Waals surface area (Å²) in [5, 5.41) is 0. The van der Waals surface area contributed by atoms with Gasteiger partial charge in [-0.05, 0) is 51.4 Å². The minimum absolute atomic E-state index is 0.900. The average molecular weight is 359 g/mol. The van der Waals surface area contributed by atoms with Gasteiger partial charge in [-0.15, -0.1) is 0 Å². The van der Waals surface area contributed by atoms with E-state index in [0.717, 1.165) is 25.1 Å². The van der Waals surface area contributed by atoms with E-state index in [1.807, 2.05) is 24.7 Å². The van der Waals surface area contributed by atoms with Gasteiger partial charge in [-0.3, -0.25) is 9.88 Å². The van der Waals surface area contributed by atoms with E-state index in [0.29, 0.717) is 0 Å². The average Bonchev–Trinajstić information content (AvgIpc) is 3.12. The van der Waals surface area contributed by atoms with Gasteiger partial charge in [-0.2, -0.15) is 0 Å². The number of fused-ring (bicyclic) bond motifs is 8. The fraction of sp³-hybridized carbons (Fsp3) is 0.120. The van der Waals surface area contributed by atoms with Gasteiger partial charge < -0.3 is 0 Å². The number of benzene rings is 2. The molecule has 4 aromatic rings. The maximum atomic E-state index is 4.83. The number of nitrogens with zero attached hydrogens (tertiary/aromatic N) is 3. The molecule has 3 aliphatic rings. The molecule has 2 aliphatic heterocycles. The van der Waals surface area contributed by atoms with Crippen LogP contribution in [-0.4, -0.2) is 9.97 Å². The highest BCUT2D eigenvalue weighted by molar-refractivity contribution is 5.98. The van der Waals surface area contributed by atoms with Crippen LogP contribution in [0.15, 0.2) is 67.1 Å². The van der Waals surface area contributed by atoms with E-state index in [9.17, 15) is 0 Å². The molecule has 0 saturated heterocycles. The zero-order valence-electron chi connectivity index (χ0n) is 15.3. The summed E-state index contributed by atoms with van der Waals surface area (Å²) in [6.45, 7) is 0. The van der Waals surface area contributed by atoms with Crippen molar-refractivity contribution in [2.24, 2.45) is 0 Å². The molecule has 0 fully saturated rings. The summed E-state index contributed by atoms with van der Waals surface area (Å²) < 4.78 is 0. The first kappa shape index (κ1) is 14.6. The maximum Gasteiger partial charge on any atom is 0.141 e. The maximum absolute atomic E-state index is 4.83. The molecule has 7 rings (SSSR count). The van der Waals surface area contributed by atoms with Crippen LogP contribution in [-0.2, 0) is 19.3 Å². The molecule has 3 nitrogen and oxygen atoms in total. The number of pyridine rings is 2. The summed E-state index contributed by atoms with van der Waals surface area (Å²) in [5.41, 5.74) is 13.4. The Morgan fingerprint density at radius 3 is 2.32 bits per heavy atom. The molecular formula is C25H17N3. The molecule has 3 heteroatoms. The van der Waals surface area contributed by atoms with Crippen molar-refractivity contribution in [3.63, 3.8) is 0 Å². The Morgan fingerprint density at radius 1 is 0.643 bits per heavy atom. The standard InChI is InChI=1S/C25H17N3/c1-2-6-21-15(4-1)10-16-7-8-17-11-19-13-26-14-20-12-18-5-3-9-27-25(18)28(23(19)20)24(17)22(16)21/h1-9,13-14H,10-12H2. The van der Waals surface area contributed by atoms with E-state index in [2.05, 4.69) is 52.3 Å². The molecule has 0 spiro atoms. The molecule has 1 aliphatic carbocycles. The van der Waals surface area contributed by atoms with Gasteiger partial charge >= 0.3 is 0 Å². The fourth-order valence-electron chi connectivity index (χ4n) is 5.24. The van der Waals surface area contributed by atoms with Gasteiger partial charge in [0.25, 0.3) is 0 Å². The highest BCUT2D eigenvalue weighted by Crippen LogP contribution is 2.54. The van der Waals surface area contributed by atoms with Gasteiger partial charge in [0.15, 0.2) is 0 Å². The van der Waals surface area contributed by atoms with Crippen molar-refractivity contribution in [2.75, 3.05) is 4.90 Å². The van der Waals surface area contributed by atoms with Gasteiger partial charge in [-0.25, -0.2) is 4.98 Å². The van der Waals surface area contributed by atoms with Crippen LogP contribution in [0, 0.1) is 0 Å². The molecule has 0 amide bonds. The van der Waals surface area contributed by atoms with E-state index in [-0.39, 0.29) is 0 Å². The Bertz CT molecular complexity index is 1290. The largest absolute Gasteiger partial charge is 0.293 e. The predicted octanol–water partition coefficient (Wildman–Crippen LogP) is 5.33. The third kappa shape index (κ3) is 1.74. The number of aromatic nitrogens is 2. The van der Waals surface area contributed by atoms with Gasteiger partial charge in [0.05, 0.1) is 11.4 Å². The molecule has 28 heavy (non-hydrogen) atoms. The van der Waals surface area contributed by atoms with Crippen LogP contribution in [0.1, 0.15) is 33.4 Å². The van der Waals surface area contributed by atoms with Gasteiger partial charge in [-0.1, -0.05) is 42.5 Å². The molecule has 0 saturated carbocycles. The molecular weight excluding hydrogens is 342 g/mol. The lowest BCUT2D eigenvalue weighted by Gasteiger charge is -2.39. The first-order chi connectivity index (χ1) is 13.9. The minimum atomic E-state index is 0.900. The van der Waals surface area contributed by atoms with E-state index in [4.69, 9.17) is 4.98 Å². The first-order valence-electron chi connectivity index (χ1n) is 9.81. The SMILES string of the molecule is c1ccc2c(c1)Cc1ccc3c(c1-2)N1c2ncccc2Cc2cncc(c21)C3. The Kier molecular flexibility index (Phi) is 2.64. The molecule has 0 N–H and O–H groups in total. The fourth-order valence-corrected chi connectivity index (χ4v) is 5.24. The number of hydrogen-bond acceptors (Lipinski definition) is 3. The van der Waals surface area contributed by atoms with Crippen molar-refractivity contribution >= 4 is 17.2 Å². The summed E-state index contributed by atoms with van der Waals surface area (Å²) in [7, 11) is 0. The molecule has 0 bridgehead atoms. The van der Waals surface area contributed by atoms with Crippen molar-refractivity contribution in [3.05, 3.63) is 101 Å². The van der Waals surface area contributed by atoms with E-state index in [1.165, 1.54) is 55.9 Å². The molecule has 0 unspecified atom stereocenters. The van der Waals surface area contributed by atoms with E-state index < -0.39 is 0 Å². The number of hydrogen-bond donors (Lipinski definition) is 0. The number of rotatable bonds is 0. The Morgan fingerprint density at radius 2 is 1.39 bits per heavy atom. The lowest BCUT2D eigenvalue weighted by molar-refractivity contribution is 0.961. The second kappa shape index (κ2) is 5.08. The van der Waals surface area contributed by atoms with Gasteiger partial charge in [0.1, 0.15) is 5.82 Å². The monoisotopic (exact) mass is 359 g/mol. The molecule has 2 aromatic carbocycles. The zero-order valence-corrected chi connectivity index (χ0v) is 15.3. The van der Waals surface area contributed by atoms with Crippen LogP contribution in [0.2, 0.25) is 0 Å². The van der Waals surface area contributed by atoms with Crippen LogP contribution in [0.3, 0.4) is 0 Å². The normalized spacial score (nSPS) is 14.6. The van der Waals surface area contributed by atoms with Crippen LogP contribution >= 0.6 is 0 Å². The van der Waals surface area contributed by atoms with E-state index >= 15 is 0 Å². The second-order valence-electron chi connectivity index (χ2n) is 7.92. The second-order valence-corrected chi connectivity index (χ2v) is 7.92. The van der Waals surface area contributed by atoms with Crippen LogP contribution in [0.4, 0.5) is 17.2 Å². The third-order valence-corrected chi connectivity index (χ3v) is 6.37. The van der Waals surface area contributed by atoms with Crippen molar-refractivity contribution in [1.29, 1.82) is 0 Å². The zero-order chi connectivity index (χ0) is 18.2. The molecule has 132 valence electrons. The van der Waals surface area contributed by atoms with E-state index in [1.54, 1.807) is 0 Å². The summed E-state index contributed by atoms with van der Waals surface area (Å²) in [6.07, 6.45) is 8.82. The molecule has 4 heterocycles. The summed E-state index contributed by atoms with van der Waals surface area (Å²) in [5.74, 6) is 1.07. The van der Waals surface area contributed by atoms with Crippen LogP contribution in [0.25, 0.3) is 11.1 Å². The molecule has 0 radical (unpaired) electrons. The van der Waals surface area contributed by atoms with Crippen molar-refractivity contribution in [2.45, 2.75) is 19.3 Å². The first-order valence-corrected chi connectivity index (χ1v) is 9.81. The minimum Gasteiger partial charge on any atom is -0.293 e. The molecule has 2 aromatic heterocycles. The van der Waals surface area contributed by atoms with Crippen molar-refractivity contribution in [3.8, 4) is 11.1 Å². The van der Waals surface area contributed by atoms with Gasteiger partial charge in [0.2, 0.25) is 0 Å². The smallest absolute Gasteiger partial charge is 0.141 e. The van der Waals surface area contributed by atoms with Gasteiger partial charge in [0, 0.05) is 37.0 Å². The Labute approximate surface area is 163 Å². The topological polar surface area (TPSA) is 29.0 Å². The molecule has 0 atom stereocenters. The van der Waals surface area contributed by atoms with Crippen molar-refractivity contribution in [1.82, 2.24) is 9.97 Å². The highest BCUT2D eigenvalue weighted by Gasteiger charge is 2.36. The van der Waals surface area contributed by atoms with Crippen LogP contribution < -0.4 is 4.90 Å². The van der Waals surface area contributed by atoms with Crippen molar-refractivity contribution < 1.29 is 0 Å². The quantitative estimate of drug-likeness (QED) is 0.367. The summed E-state index contributed by atoms with van der Waals surface area (Å²) in [6, 6.07) is 17.7. The Hall–Kier alpha value is -3.46.